The Hall–Kier alpha value is -3.75. The lowest BCUT2D eigenvalue weighted by Crippen LogP contribution is -2.28. The monoisotopic (exact) mass is 425 g/mol. The Kier molecular flexibility index (Phi) is 6.33. The number of esters is 1. The Morgan fingerprint density at radius 3 is 2.65 bits per heavy atom. The maximum absolute atomic E-state index is 12.4. The highest BCUT2D eigenvalue weighted by Crippen LogP contribution is 2.30. The fraction of sp³-hybridized carbons (Fsp3) is 0.318. The minimum Gasteiger partial charge on any atom is -0.455 e. The van der Waals surface area contributed by atoms with Crippen LogP contribution in [0.25, 0.3) is 0 Å². The molecule has 1 aliphatic rings. The summed E-state index contributed by atoms with van der Waals surface area (Å²) in [5.41, 5.74) is 3.32. The first-order valence-electron chi connectivity index (χ1n) is 9.75. The molecule has 1 fully saturated rings. The van der Waals surface area contributed by atoms with Gasteiger partial charge in [0.25, 0.3) is 11.6 Å². The molecule has 2 aromatic carbocycles. The van der Waals surface area contributed by atoms with Crippen molar-refractivity contribution in [2.24, 2.45) is 5.92 Å². The Labute approximate surface area is 179 Å². The Balaban J connectivity index is 1.59. The molecule has 1 saturated heterocycles. The molecule has 162 valence electrons. The van der Waals surface area contributed by atoms with Crippen LogP contribution < -0.4 is 10.2 Å². The number of nitrogens with zero attached hydrogens (tertiary/aromatic N) is 2. The topological polar surface area (TPSA) is 119 Å². The van der Waals surface area contributed by atoms with Crippen LogP contribution in [0.5, 0.6) is 0 Å². The molecule has 31 heavy (non-hydrogen) atoms. The maximum atomic E-state index is 12.4. The average molecular weight is 425 g/mol. The van der Waals surface area contributed by atoms with Crippen molar-refractivity contribution in [2.75, 3.05) is 23.4 Å². The number of carbonyl (C=O) groups is 3. The third kappa shape index (κ3) is 4.88. The predicted molar refractivity (Wildman–Crippen MR) is 114 cm³/mol. The molecule has 1 heterocycles. The highest BCUT2D eigenvalue weighted by Gasteiger charge is 2.37. The van der Waals surface area contributed by atoms with Crippen LogP contribution in [0.15, 0.2) is 36.4 Å². The fourth-order valence-corrected chi connectivity index (χ4v) is 3.40. The number of rotatable bonds is 6. The summed E-state index contributed by atoms with van der Waals surface area (Å²) >= 11 is 0. The molecule has 0 spiro atoms. The maximum Gasteiger partial charge on any atom is 0.311 e. The van der Waals surface area contributed by atoms with Gasteiger partial charge in [-0.3, -0.25) is 24.5 Å². The molecule has 1 N–H and O–H groups in total. The minimum absolute atomic E-state index is 0.0382. The molecule has 0 radical (unpaired) electrons. The van der Waals surface area contributed by atoms with E-state index in [2.05, 4.69) is 5.32 Å². The van der Waals surface area contributed by atoms with Gasteiger partial charge in [-0.15, -0.1) is 0 Å². The number of aryl methyl sites for hydroxylation is 2. The first kappa shape index (κ1) is 21.9. The van der Waals surface area contributed by atoms with Gasteiger partial charge in [0, 0.05) is 30.3 Å². The minimum atomic E-state index is -0.749. The third-order valence-corrected chi connectivity index (χ3v) is 5.38. The second-order valence-electron chi connectivity index (χ2n) is 7.54. The number of nitro benzene ring substituents is 1. The molecule has 0 bridgehead atoms. The number of benzene rings is 2. The second kappa shape index (κ2) is 8.95. The lowest BCUT2D eigenvalue weighted by Gasteiger charge is -2.17. The largest absolute Gasteiger partial charge is 0.455 e. The molecule has 0 unspecified atom stereocenters. The Morgan fingerprint density at radius 1 is 1.19 bits per heavy atom. The zero-order valence-electron chi connectivity index (χ0n) is 17.5. The van der Waals surface area contributed by atoms with Crippen LogP contribution in [0.3, 0.4) is 0 Å². The van der Waals surface area contributed by atoms with E-state index in [9.17, 15) is 24.5 Å². The normalized spacial score (nSPS) is 15.6. The molecule has 0 aromatic heterocycles. The molecule has 2 amide bonds. The highest BCUT2D eigenvalue weighted by molar-refractivity contribution is 6.00. The SMILES string of the molecule is Cc1ccc(N2C[C@@H](C(=O)OCC(=O)Nc3cccc(C)c3C)CC2=O)cc1[N+](=O)[O-]. The van der Waals surface area contributed by atoms with Crippen molar-refractivity contribution in [3.8, 4) is 0 Å². The van der Waals surface area contributed by atoms with Gasteiger partial charge in [0.05, 0.1) is 16.5 Å². The van der Waals surface area contributed by atoms with Gasteiger partial charge in [-0.25, -0.2) is 0 Å². The summed E-state index contributed by atoms with van der Waals surface area (Å²) in [5, 5.41) is 13.9. The van der Waals surface area contributed by atoms with E-state index in [0.717, 1.165) is 11.1 Å². The smallest absolute Gasteiger partial charge is 0.311 e. The molecule has 0 saturated carbocycles. The number of carbonyl (C=O) groups excluding carboxylic acids is 3. The van der Waals surface area contributed by atoms with Crippen molar-refractivity contribution in [1.82, 2.24) is 0 Å². The van der Waals surface area contributed by atoms with Crippen LogP contribution in [-0.4, -0.2) is 35.9 Å². The standard InChI is InChI=1S/C22H23N3O6/c1-13-5-4-6-18(15(13)3)23-20(26)12-31-22(28)16-9-21(27)24(11-16)17-8-7-14(2)19(10-17)25(29)30/h4-8,10,16H,9,11-12H2,1-3H3,(H,23,26)/t16-/m0/s1. The van der Waals surface area contributed by atoms with Crippen molar-refractivity contribution in [2.45, 2.75) is 27.2 Å². The van der Waals surface area contributed by atoms with Crippen LogP contribution in [0, 0.1) is 36.8 Å². The molecule has 9 nitrogen and oxygen atoms in total. The molecule has 0 aliphatic carbocycles. The first-order valence-corrected chi connectivity index (χ1v) is 9.75. The third-order valence-electron chi connectivity index (χ3n) is 5.38. The van der Waals surface area contributed by atoms with Gasteiger partial charge in [0.1, 0.15) is 0 Å². The summed E-state index contributed by atoms with van der Waals surface area (Å²) in [5.74, 6) is -2.22. The van der Waals surface area contributed by atoms with E-state index in [1.165, 1.54) is 11.0 Å². The van der Waals surface area contributed by atoms with Crippen molar-refractivity contribution in [3.05, 3.63) is 63.2 Å². The number of hydrogen-bond acceptors (Lipinski definition) is 6. The lowest BCUT2D eigenvalue weighted by molar-refractivity contribution is -0.385. The number of hydrogen-bond donors (Lipinski definition) is 1. The van der Waals surface area contributed by atoms with Crippen molar-refractivity contribution in [3.63, 3.8) is 0 Å². The number of nitro groups is 1. The molecule has 1 aliphatic heterocycles. The van der Waals surface area contributed by atoms with Crippen LogP contribution in [0.2, 0.25) is 0 Å². The van der Waals surface area contributed by atoms with E-state index in [1.54, 1.807) is 25.1 Å². The number of ether oxygens (including phenoxy) is 1. The summed E-state index contributed by atoms with van der Waals surface area (Å²) in [6.45, 7) is 4.99. The van der Waals surface area contributed by atoms with Gasteiger partial charge in [0.2, 0.25) is 5.91 Å². The quantitative estimate of drug-likeness (QED) is 0.432. The van der Waals surface area contributed by atoms with Gasteiger partial charge in [-0.1, -0.05) is 18.2 Å². The van der Waals surface area contributed by atoms with E-state index in [4.69, 9.17) is 4.74 Å². The zero-order valence-corrected chi connectivity index (χ0v) is 17.5. The Bertz CT molecular complexity index is 1070. The highest BCUT2D eigenvalue weighted by atomic mass is 16.6. The predicted octanol–water partition coefficient (Wildman–Crippen LogP) is 3.05. The van der Waals surface area contributed by atoms with E-state index in [1.807, 2.05) is 26.0 Å². The van der Waals surface area contributed by atoms with E-state index < -0.39 is 29.3 Å². The first-order chi connectivity index (χ1) is 14.7. The fourth-order valence-electron chi connectivity index (χ4n) is 3.40. The van der Waals surface area contributed by atoms with E-state index in [-0.39, 0.29) is 24.6 Å². The van der Waals surface area contributed by atoms with Crippen LogP contribution in [0.1, 0.15) is 23.1 Å². The van der Waals surface area contributed by atoms with Gasteiger partial charge >= 0.3 is 5.97 Å². The summed E-state index contributed by atoms with van der Waals surface area (Å²) in [4.78, 5) is 48.9. The number of nitrogens with one attached hydrogen (secondary N) is 1. The summed E-state index contributed by atoms with van der Waals surface area (Å²) < 4.78 is 5.11. The molecular weight excluding hydrogens is 402 g/mol. The van der Waals surface area contributed by atoms with Gasteiger partial charge in [-0.05, 0) is 44.0 Å². The van der Waals surface area contributed by atoms with Gasteiger partial charge < -0.3 is 15.0 Å². The molecule has 9 heteroatoms. The molecule has 3 rings (SSSR count). The van der Waals surface area contributed by atoms with Crippen LogP contribution in [0.4, 0.5) is 17.1 Å². The number of amides is 2. The summed E-state index contributed by atoms with van der Waals surface area (Å²) in [6.07, 6.45) is -0.0842. The molecular formula is C22H23N3O6. The second-order valence-corrected chi connectivity index (χ2v) is 7.54. The zero-order chi connectivity index (χ0) is 22.7. The van der Waals surface area contributed by atoms with Crippen LogP contribution in [-0.2, 0) is 19.1 Å². The van der Waals surface area contributed by atoms with E-state index >= 15 is 0 Å². The van der Waals surface area contributed by atoms with Crippen LogP contribution >= 0.6 is 0 Å². The Morgan fingerprint density at radius 2 is 1.94 bits per heavy atom. The lowest BCUT2D eigenvalue weighted by atomic mass is 10.1. The van der Waals surface area contributed by atoms with Crippen molar-refractivity contribution >= 4 is 34.8 Å². The van der Waals surface area contributed by atoms with Crippen molar-refractivity contribution < 1.29 is 24.0 Å². The summed E-state index contributed by atoms with van der Waals surface area (Å²) in [7, 11) is 0. The van der Waals surface area contributed by atoms with Gasteiger partial charge in [-0.2, -0.15) is 0 Å². The summed E-state index contributed by atoms with van der Waals surface area (Å²) in [6, 6.07) is 9.99. The molecule has 2 aromatic rings. The average Bonchev–Trinajstić information content (AvgIpc) is 3.11. The van der Waals surface area contributed by atoms with Crippen molar-refractivity contribution in [1.29, 1.82) is 0 Å². The van der Waals surface area contributed by atoms with E-state index in [0.29, 0.717) is 16.9 Å². The molecule has 1 atom stereocenters. The number of anilines is 2. The van der Waals surface area contributed by atoms with Gasteiger partial charge in [0.15, 0.2) is 6.61 Å².